The van der Waals surface area contributed by atoms with Crippen LogP contribution < -0.4 is 26.6 Å². The largest absolute Gasteiger partial charge is 0.480 e. The van der Waals surface area contributed by atoms with Crippen molar-refractivity contribution in [2.45, 2.75) is 56.8 Å². The molecule has 0 aliphatic carbocycles. The van der Waals surface area contributed by atoms with Gasteiger partial charge in [0.25, 0.3) is 0 Å². The lowest BCUT2D eigenvalue weighted by atomic mass is 10.0. The van der Waals surface area contributed by atoms with E-state index >= 15 is 0 Å². The highest BCUT2D eigenvalue weighted by molar-refractivity contribution is 5.97. The summed E-state index contributed by atoms with van der Waals surface area (Å²) in [6, 6.07) is 6.25. The molecule has 0 unspecified atom stereocenters. The Labute approximate surface area is 261 Å². The molecule has 1 saturated heterocycles. The minimum absolute atomic E-state index is 0.00498. The van der Waals surface area contributed by atoms with Crippen LogP contribution in [-0.4, -0.2) is 93.5 Å². The fourth-order valence-corrected chi connectivity index (χ4v) is 4.51. The first kappa shape index (κ1) is 34.7. The number of nitrogens with one attached hydrogen (secondary N) is 5. The van der Waals surface area contributed by atoms with E-state index in [-0.39, 0.29) is 42.7 Å². The maximum absolute atomic E-state index is 13.7. The highest BCUT2D eigenvalue weighted by Crippen LogP contribution is 2.12. The van der Waals surface area contributed by atoms with Crippen molar-refractivity contribution in [2.24, 2.45) is 0 Å². The molecule has 46 heavy (non-hydrogen) atoms. The third-order valence-corrected chi connectivity index (χ3v) is 7.03. The number of amides is 5. The molecule has 1 aliphatic heterocycles. The fraction of sp³-hybridized carbons (Fsp3) is 0.333. The molecule has 0 spiro atoms. The Morgan fingerprint density at radius 2 is 1.22 bits per heavy atom. The lowest BCUT2D eigenvalue weighted by Crippen LogP contribution is -2.58. The fourth-order valence-electron chi connectivity index (χ4n) is 4.51. The predicted octanol–water partition coefficient (Wildman–Crippen LogP) is -1.18. The first-order valence-corrected chi connectivity index (χ1v) is 14.1. The van der Waals surface area contributed by atoms with Crippen LogP contribution in [0.25, 0.3) is 0 Å². The van der Waals surface area contributed by atoms with E-state index < -0.39 is 72.2 Å². The third-order valence-electron chi connectivity index (χ3n) is 7.03. The summed E-state index contributed by atoms with van der Waals surface area (Å²) >= 11 is 0. The third kappa shape index (κ3) is 10.1. The monoisotopic (exact) mass is 639 g/mol. The molecule has 0 saturated carbocycles. The van der Waals surface area contributed by atoms with Gasteiger partial charge in [-0.05, 0) is 48.7 Å². The van der Waals surface area contributed by atoms with Crippen LogP contribution in [0.15, 0.2) is 48.5 Å². The van der Waals surface area contributed by atoms with Gasteiger partial charge in [0.05, 0.1) is 11.1 Å². The molecule has 5 amide bonds. The number of carboxylic acids is 3. The Balaban J connectivity index is 1.86. The van der Waals surface area contributed by atoms with Gasteiger partial charge >= 0.3 is 17.9 Å². The highest BCUT2D eigenvalue weighted by atomic mass is 16.4. The molecule has 1 aliphatic rings. The van der Waals surface area contributed by atoms with Crippen LogP contribution in [0.4, 0.5) is 0 Å². The Morgan fingerprint density at radius 1 is 0.739 bits per heavy atom. The number of aromatic carboxylic acids is 2. The van der Waals surface area contributed by atoms with Gasteiger partial charge in [-0.1, -0.05) is 24.3 Å². The van der Waals surface area contributed by atoms with Crippen LogP contribution in [-0.2, 0) is 41.6 Å². The second kappa shape index (κ2) is 15.8. The molecule has 4 atom stereocenters. The second-order valence-corrected chi connectivity index (χ2v) is 10.5. The molecule has 0 aromatic heterocycles. The van der Waals surface area contributed by atoms with Crippen molar-refractivity contribution in [1.29, 1.82) is 0 Å². The topological polar surface area (TPSA) is 257 Å². The Hall–Kier alpha value is -5.80. The van der Waals surface area contributed by atoms with E-state index in [2.05, 4.69) is 26.6 Å². The number of benzene rings is 2. The SMILES string of the molecule is C[C@H](NC(=O)[C@H](Cc1ccc(C(=O)O)cc1)NC(=O)[C@H](Cc1ccc(C(=O)O)cc1)NC(=O)[C@@H]1CCC(=O)N1)C(=O)NCC(=O)O. The lowest BCUT2D eigenvalue weighted by molar-refractivity contribution is -0.138. The van der Waals surface area contributed by atoms with Gasteiger partial charge in [-0.2, -0.15) is 0 Å². The van der Waals surface area contributed by atoms with E-state index in [4.69, 9.17) is 5.11 Å². The van der Waals surface area contributed by atoms with Gasteiger partial charge in [-0.15, -0.1) is 0 Å². The molecule has 244 valence electrons. The van der Waals surface area contributed by atoms with Crippen molar-refractivity contribution in [1.82, 2.24) is 26.6 Å². The summed E-state index contributed by atoms with van der Waals surface area (Å²) in [7, 11) is 0. The lowest BCUT2D eigenvalue weighted by Gasteiger charge is -2.25. The maximum Gasteiger partial charge on any atom is 0.335 e. The standard InChI is InChI=1S/C30H33N5O11/c1-15(25(39)31-14-24(37)38)32-27(41)21(12-16-2-6-18(7-3-16)29(43)44)35-28(42)22(34-26(40)20-10-11-23(36)33-20)13-17-4-8-19(9-5-17)30(45)46/h2-9,15,20-22H,10-14H2,1H3,(H,31,39)(H,32,41)(H,33,36)(H,34,40)(H,35,42)(H,37,38)(H,43,44)(H,45,46)/t15-,20-,21-,22-/m0/s1. The van der Waals surface area contributed by atoms with Gasteiger partial charge in [0.15, 0.2) is 0 Å². The molecule has 16 nitrogen and oxygen atoms in total. The summed E-state index contributed by atoms with van der Waals surface area (Å²) in [6.07, 6.45) is 0.0135. The predicted molar refractivity (Wildman–Crippen MR) is 157 cm³/mol. The zero-order valence-corrected chi connectivity index (χ0v) is 24.6. The minimum Gasteiger partial charge on any atom is -0.480 e. The number of aliphatic carboxylic acids is 1. The molecule has 0 radical (unpaired) electrons. The summed E-state index contributed by atoms with van der Waals surface area (Å²) < 4.78 is 0. The normalized spacial score (nSPS) is 15.8. The van der Waals surface area contributed by atoms with Gasteiger partial charge in [-0.25, -0.2) is 9.59 Å². The van der Waals surface area contributed by atoms with E-state index in [0.29, 0.717) is 11.1 Å². The van der Waals surface area contributed by atoms with Crippen molar-refractivity contribution in [3.63, 3.8) is 0 Å². The quantitative estimate of drug-likeness (QED) is 0.115. The summed E-state index contributed by atoms with van der Waals surface area (Å²) in [5.41, 5.74) is 0.879. The van der Waals surface area contributed by atoms with Crippen molar-refractivity contribution in [2.75, 3.05) is 6.54 Å². The van der Waals surface area contributed by atoms with E-state index in [0.717, 1.165) is 0 Å². The molecule has 1 fully saturated rings. The van der Waals surface area contributed by atoms with E-state index in [1.54, 1.807) is 0 Å². The summed E-state index contributed by atoms with van der Waals surface area (Å²) in [5, 5.41) is 39.4. The zero-order valence-electron chi connectivity index (χ0n) is 24.6. The van der Waals surface area contributed by atoms with Crippen LogP contribution in [0.3, 0.4) is 0 Å². The average molecular weight is 640 g/mol. The molecule has 16 heteroatoms. The first-order chi connectivity index (χ1) is 21.7. The Bertz CT molecular complexity index is 1510. The number of hydrogen-bond donors (Lipinski definition) is 8. The average Bonchev–Trinajstić information content (AvgIpc) is 3.45. The van der Waals surface area contributed by atoms with Crippen LogP contribution in [0.5, 0.6) is 0 Å². The van der Waals surface area contributed by atoms with Crippen molar-refractivity contribution in [3.8, 4) is 0 Å². The molecular formula is C30H33N5O11. The zero-order chi connectivity index (χ0) is 34.0. The first-order valence-electron chi connectivity index (χ1n) is 14.1. The summed E-state index contributed by atoms with van der Waals surface area (Å²) in [6.45, 7) is 0.612. The number of carboxylic acid groups (broad SMARTS) is 3. The maximum atomic E-state index is 13.7. The highest BCUT2D eigenvalue weighted by Gasteiger charge is 2.33. The number of carbonyl (C=O) groups excluding carboxylic acids is 5. The smallest absolute Gasteiger partial charge is 0.335 e. The van der Waals surface area contributed by atoms with Crippen molar-refractivity contribution < 1.29 is 53.7 Å². The Kier molecular flexibility index (Phi) is 11.9. The molecule has 2 aromatic carbocycles. The Morgan fingerprint density at radius 3 is 1.65 bits per heavy atom. The van der Waals surface area contributed by atoms with Crippen LogP contribution in [0, 0.1) is 0 Å². The van der Waals surface area contributed by atoms with E-state index in [1.807, 2.05) is 0 Å². The molecular weight excluding hydrogens is 606 g/mol. The molecule has 3 rings (SSSR count). The van der Waals surface area contributed by atoms with E-state index in [9.17, 15) is 48.6 Å². The summed E-state index contributed by atoms with van der Waals surface area (Å²) in [4.78, 5) is 97.3. The van der Waals surface area contributed by atoms with Crippen LogP contribution in [0.2, 0.25) is 0 Å². The van der Waals surface area contributed by atoms with Crippen molar-refractivity contribution in [3.05, 3.63) is 70.8 Å². The summed E-state index contributed by atoms with van der Waals surface area (Å²) in [5.74, 6) is -7.10. The van der Waals surface area contributed by atoms with Gasteiger partial charge in [0.2, 0.25) is 29.5 Å². The van der Waals surface area contributed by atoms with E-state index in [1.165, 1.54) is 55.5 Å². The number of rotatable bonds is 15. The van der Waals surface area contributed by atoms with Gasteiger partial charge < -0.3 is 41.9 Å². The molecule has 0 bridgehead atoms. The molecule has 2 aromatic rings. The number of hydrogen-bond acceptors (Lipinski definition) is 8. The minimum atomic E-state index is -1.36. The molecule has 1 heterocycles. The van der Waals surface area contributed by atoms with Crippen molar-refractivity contribution >= 4 is 47.4 Å². The second-order valence-electron chi connectivity index (χ2n) is 10.5. The molecule has 8 N–H and O–H groups in total. The van der Waals surface area contributed by atoms with Crippen LogP contribution in [0.1, 0.15) is 51.6 Å². The van der Waals surface area contributed by atoms with Gasteiger partial charge in [0, 0.05) is 19.3 Å². The van der Waals surface area contributed by atoms with Gasteiger partial charge in [-0.3, -0.25) is 28.8 Å². The van der Waals surface area contributed by atoms with Gasteiger partial charge in [0.1, 0.15) is 30.7 Å². The number of carbonyl (C=O) groups is 8. The van der Waals surface area contributed by atoms with Crippen LogP contribution >= 0.6 is 0 Å².